The van der Waals surface area contributed by atoms with E-state index in [2.05, 4.69) is 4.98 Å². The summed E-state index contributed by atoms with van der Waals surface area (Å²) < 4.78 is 38.1. The molecule has 0 saturated heterocycles. The minimum absolute atomic E-state index is 0.0241. The highest BCUT2D eigenvalue weighted by molar-refractivity contribution is 6.35. The van der Waals surface area contributed by atoms with E-state index in [4.69, 9.17) is 11.6 Å². The molecule has 0 aliphatic heterocycles. The maximum Gasteiger partial charge on any atom is 0.278 e. The van der Waals surface area contributed by atoms with Crippen molar-refractivity contribution in [2.75, 3.05) is 0 Å². The van der Waals surface area contributed by atoms with Crippen molar-refractivity contribution in [3.05, 3.63) is 45.0 Å². The Balaban J connectivity index is 2.92. The topological polar surface area (TPSA) is 32.9 Å². The van der Waals surface area contributed by atoms with E-state index >= 15 is 0 Å². The monoisotopic (exact) mass is 247 g/mol. The van der Waals surface area contributed by atoms with Gasteiger partial charge in [-0.3, -0.25) is 4.79 Å². The molecule has 1 aromatic carbocycles. The maximum atomic E-state index is 13.3. The first kappa shape index (κ1) is 11.0. The summed E-state index contributed by atoms with van der Waals surface area (Å²) in [6.45, 7) is 0. The number of fused-ring (bicyclic) bond motifs is 1. The molecule has 2 aromatic rings. The van der Waals surface area contributed by atoms with Crippen molar-refractivity contribution in [3.8, 4) is 0 Å². The molecule has 2 nitrogen and oxygen atoms in total. The van der Waals surface area contributed by atoms with E-state index in [0.29, 0.717) is 6.07 Å². The number of H-pyrrole nitrogens is 1. The van der Waals surface area contributed by atoms with Crippen molar-refractivity contribution >= 4 is 22.5 Å². The summed E-state index contributed by atoms with van der Waals surface area (Å²) in [6.07, 6.45) is -2.84. The third-order valence-electron chi connectivity index (χ3n) is 2.14. The molecular formula is C10H5ClF3NO. The fourth-order valence-electron chi connectivity index (χ4n) is 1.43. The second-order valence-corrected chi connectivity index (χ2v) is 3.58. The molecule has 0 aliphatic rings. The van der Waals surface area contributed by atoms with Gasteiger partial charge in [-0.2, -0.15) is 0 Å². The first-order chi connectivity index (χ1) is 7.50. The van der Waals surface area contributed by atoms with Gasteiger partial charge in [-0.25, -0.2) is 13.2 Å². The third kappa shape index (κ3) is 1.67. The largest absolute Gasteiger partial charge is 0.352 e. The van der Waals surface area contributed by atoms with Crippen LogP contribution >= 0.6 is 11.6 Å². The molecule has 84 valence electrons. The normalized spacial score (nSPS) is 11.3. The number of benzene rings is 1. The number of aromatic nitrogens is 1. The predicted octanol–water partition coefficient (Wildman–Crippen LogP) is 3.26. The van der Waals surface area contributed by atoms with Crippen LogP contribution in [0, 0.1) is 5.82 Å². The Bertz CT molecular complexity index is 609. The number of nitrogens with one attached hydrogen (secondary N) is 1. The first-order valence-corrected chi connectivity index (χ1v) is 4.67. The lowest BCUT2D eigenvalue weighted by Crippen LogP contribution is -2.07. The van der Waals surface area contributed by atoms with Crippen molar-refractivity contribution in [2.24, 2.45) is 0 Å². The van der Waals surface area contributed by atoms with Crippen LogP contribution < -0.4 is 5.43 Å². The second-order valence-electron chi connectivity index (χ2n) is 3.17. The average molecular weight is 248 g/mol. The SMILES string of the molecule is O=c1cc(C(F)F)[nH]c2c(Cl)ccc(F)c12. The minimum Gasteiger partial charge on any atom is -0.352 e. The van der Waals surface area contributed by atoms with Gasteiger partial charge in [0.2, 0.25) is 0 Å². The van der Waals surface area contributed by atoms with Gasteiger partial charge in [0.25, 0.3) is 6.43 Å². The van der Waals surface area contributed by atoms with Gasteiger partial charge in [-0.15, -0.1) is 0 Å². The molecule has 0 bridgehead atoms. The van der Waals surface area contributed by atoms with Crippen LogP contribution in [0.15, 0.2) is 23.0 Å². The highest BCUT2D eigenvalue weighted by atomic mass is 35.5. The van der Waals surface area contributed by atoms with Gasteiger partial charge in [0, 0.05) is 6.07 Å². The average Bonchev–Trinajstić information content (AvgIpc) is 2.22. The Morgan fingerprint density at radius 3 is 2.62 bits per heavy atom. The van der Waals surface area contributed by atoms with Gasteiger partial charge >= 0.3 is 0 Å². The molecule has 6 heteroatoms. The molecule has 2 rings (SSSR count). The highest BCUT2D eigenvalue weighted by Gasteiger charge is 2.14. The lowest BCUT2D eigenvalue weighted by atomic mass is 10.2. The van der Waals surface area contributed by atoms with Crippen molar-refractivity contribution < 1.29 is 13.2 Å². The minimum atomic E-state index is -2.84. The lowest BCUT2D eigenvalue weighted by Gasteiger charge is -2.05. The fourth-order valence-corrected chi connectivity index (χ4v) is 1.63. The van der Waals surface area contributed by atoms with Gasteiger partial charge in [0.15, 0.2) is 5.43 Å². The second kappa shape index (κ2) is 3.83. The van der Waals surface area contributed by atoms with Gasteiger partial charge in [-0.1, -0.05) is 11.6 Å². The number of alkyl halides is 2. The van der Waals surface area contributed by atoms with Crippen LogP contribution in [0.4, 0.5) is 13.2 Å². The number of hydrogen-bond donors (Lipinski definition) is 1. The molecule has 0 unspecified atom stereocenters. The quantitative estimate of drug-likeness (QED) is 0.824. The molecule has 0 atom stereocenters. The molecule has 1 N–H and O–H groups in total. The summed E-state index contributed by atoms with van der Waals surface area (Å²) in [6, 6.07) is 2.89. The molecule has 0 fully saturated rings. The summed E-state index contributed by atoms with van der Waals surface area (Å²) in [5.41, 5.74) is -1.50. The van der Waals surface area contributed by atoms with E-state index in [-0.39, 0.29) is 15.9 Å². The number of pyridine rings is 1. The number of halogens is 4. The standard InChI is InChI=1S/C10H5ClF3NO/c11-4-1-2-5(12)8-7(16)3-6(10(13)14)15-9(4)8/h1-3,10H,(H,15,16). The summed E-state index contributed by atoms with van der Waals surface area (Å²) in [5, 5.41) is -0.284. The Labute approximate surface area is 92.7 Å². The summed E-state index contributed by atoms with van der Waals surface area (Å²) in [5.74, 6) is -0.790. The van der Waals surface area contributed by atoms with Crippen molar-refractivity contribution in [2.45, 2.75) is 6.43 Å². The van der Waals surface area contributed by atoms with Crippen LogP contribution in [0.25, 0.3) is 10.9 Å². The molecule has 16 heavy (non-hydrogen) atoms. The molecule has 1 aromatic heterocycles. The van der Waals surface area contributed by atoms with Crippen LogP contribution in [0.2, 0.25) is 5.02 Å². The third-order valence-corrected chi connectivity index (χ3v) is 2.46. The summed E-state index contributed by atoms with van der Waals surface area (Å²) in [7, 11) is 0. The van der Waals surface area contributed by atoms with Crippen LogP contribution in [0.3, 0.4) is 0 Å². The molecule has 0 aliphatic carbocycles. The molecule has 0 spiro atoms. The summed E-state index contributed by atoms with van der Waals surface area (Å²) >= 11 is 5.70. The van der Waals surface area contributed by atoms with Gasteiger partial charge in [0.05, 0.1) is 21.6 Å². The van der Waals surface area contributed by atoms with E-state index in [1.807, 2.05) is 0 Å². The van der Waals surface area contributed by atoms with E-state index in [1.54, 1.807) is 0 Å². The van der Waals surface area contributed by atoms with Crippen molar-refractivity contribution in [1.29, 1.82) is 0 Å². The zero-order chi connectivity index (χ0) is 11.9. The Morgan fingerprint density at radius 2 is 2.00 bits per heavy atom. The molecule has 0 radical (unpaired) electrons. The van der Waals surface area contributed by atoms with Crippen molar-refractivity contribution in [3.63, 3.8) is 0 Å². The Morgan fingerprint density at radius 1 is 1.31 bits per heavy atom. The smallest absolute Gasteiger partial charge is 0.278 e. The van der Waals surface area contributed by atoms with Crippen LogP contribution in [0.1, 0.15) is 12.1 Å². The number of rotatable bonds is 1. The van der Waals surface area contributed by atoms with Gasteiger partial charge in [0.1, 0.15) is 5.82 Å². The van der Waals surface area contributed by atoms with Crippen LogP contribution in [-0.2, 0) is 0 Å². The molecule has 1 heterocycles. The zero-order valence-corrected chi connectivity index (χ0v) is 8.49. The summed E-state index contributed by atoms with van der Waals surface area (Å²) in [4.78, 5) is 13.7. The fraction of sp³-hybridized carbons (Fsp3) is 0.100. The van der Waals surface area contributed by atoms with E-state index < -0.39 is 23.4 Å². The zero-order valence-electron chi connectivity index (χ0n) is 7.73. The van der Waals surface area contributed by atoms with Gasteiger partial charge in [-0.05, 0) is 12.1 Å². The highest BCUT2D eigenvalue weighted by Crippen LogP contribution is 2.24. The van der Waals surface area contributed by atoms with Gasteiger partial charge < -0.3 is 4.98 Å². The molecule has 0 amide bonds. The van der Waals surface area contributed by atoms with Crippen molar-refractivity contribution in [1.82, 2.24) is 4.98 Å². The van der Waals surface area contributed by atoms with E-state index in [1.165, 1.54) is 6.07 Å². The Kier molecular flexibility index (Phi) is 2.63. The first-order valence-electron chi connectivity index (χ1n) is 4.30. The molecular weight excluding hydrogens is 243 g/mol. The number of hydrogen-bond acceptors (Lipinski definition) is 1. The number of aromatic amines is 1. The predicted molar refractivity (Wildman–Crippen MR) is 54.5 cm³/mol. The van der Waals surface area contributed by atoms with E-state index in [0.717, 1.165) is 6.07 Å². The van der Waals surface area contributed by atoms with E-state index in [9.17, 15) is 18.0 Å². The maximum absolute atomic E-state index is 13.3. The molecule has 0 saturated carbocycles. The lowest BCUT2D eigenvalue weighted by molar-refractivity contribution is 0.146. The van der Waals surface area contributed by atoms with Crippen LogP contribution in [-0.4, -0.2) is 4.98 Å². The Hall–Kier alpha value is -1.49. The van der Waals surface area contributed by atoms with Crippen LogP contribution in [0.5, 0.6) is 0 Å².